The molecule has 1 aliphatic heterocycles. The van der Waals surface area contributed by atoms with Gasteiger partial charge in [0.15, 0.2) is 0 Å². The maximum absolute atomic E-state index is 5.70. The molecule has 1 saturated heterocycles. The molecule has 3 nitrogen and oxygen atoms in total. The highest BCUT2D eigenvalue weighted by Gasteiger charge is 2.13. The van der Waals surface area contributed by atoms with Crippen molar-refractivity contribution in [2.24, 2.45) is 0 Å². The first kappa shape index (κ1) is 11.5. The molecule has 0 radical (unpaired) electrons. The van der Waals surface area contributed by atoms with Crippen LogP contribution in [0.15, 0.2) is 12.4 Å². The standard InChI is InChI=1S/C9H12ClN3.ClH/c10-6-8-5-9(12-7-11-8)13-3-1-2-4-13;/h5,7H,1-4,6H2;1H. The fourth-order valence-electron chi connectivity index (χ4n) is 1.58. The summed E-state index contributed by atoms with van der Waals surface area (Å²) in [4.78, 5) is 10.6. The fourth-order valence-corrected chi connectivity index (χ4v) is 1.72. The third-order valence-electron chi connectivity index (χ3n) is 2.28. The smallest absolute Gasteiger partial charge is 0.132 e. The van der Waals surface area contributed by atoms with Crippen molar-refractivity contribution in [3.63, 3.8) is 0 Å². The number of nitrogens with zero attached hydrogens (tertiary/aromatic N) is 3. The lowest BCUT2D eigenvalue weighted by Gasteiger charge is -2.15. The molecule has 0 bridgehead atoms. The minimum absolute atomic E-state index is 0. The quantitative estimate of drug-likeness (QED) is 0.735. The molecule has 1 aromatic heterocycles. The van der Waals surface area contributed by atoms with Gasteiger partial charge in [-0.2, -0.15) is 0 Å². The number of hydrogen-bond acceptors (Lipinski definition) is 3. The topological polar surface area (TPSA) is 29.0 Å². The average Bonchev–Trinajstić information content (AvgIpc) is 2.71. The van der Waals surface area contributed by atoms with E-state index in [4.69, 9.17) is 11.6 Å². The summed E-state index contributed by atoms with van der Waals surface area (Å²) in [5.74, 6) is 1.48. The molecule has 0 unspecified atom stereocenters. The molecule has 14 heavy (non-hydrogen) atoms. The van der Waals surface area contributed by atoms with Gasteiger partial charge < -0.3 is 4.90 Å². The molecule has 5 heteroatoms. The SMILES string of the molecule is Cl.ClCc1cc(N2CCCC2)ncn1. The van der Waals surface area contributed by atoms with Crippen molar-refractivity contribution in [3.05, 3.63) is 18.1 Å². The van der Waals surface area contributed by atoms with Gasteiger partial charge in [-0.05, 0) is 12.8 Å². The zero-order chi connectivity index (χ0) is 9.10. The van der Waals surface area contributed by atoms with Crippen molar-refractivity contribution >= 4 is 29.8 Å². The Morgan fingerprint density at radius 1 is 1.29 bits per heavy atom. The second-order valence-corrected chi connectivity index (χ2v) is 3.46. The van der Waals surface area contributed by atoms with E-state index in [1.54, 1.807) is 6.33 Å². The fraction of sp³-hybridized carbons (Fsp3) is 0.556. The van der Waals surface area contributed by atoms with Crippen molar-refractivity contribution < 1.29 is 0 Å². The van der Waals surface area contributed by atoms with Crippen LogP contribution in [0.3, 0.4) is 0 Å². The summed E-state index contributed by atoms with van der Waals surface area (Å²) >= 11 is 5.70. The lowest BCUT2D eigenvalue weighted by molar-refractivity contribution is 0.918. The molecule has 1 fully saturated rings. The molecule has 0 N–H and O–H groups in total. The third-order valence-corrected chi connectivity index (χ3v) is 2.55. The van der Waals surface area contributed by atoms with Gasteiger partial charge in [-0.25, -0.2) is 9.97 Å². The number of halogens is 2. The van der Waals surface area contributed by atoms with Crippen molar-refractivity contribution in [3.8, 4) is 0 Å². The number of anilines is 1. The first-order valence-electron chi connectivity index (χ1n) is 4.52. The van der Waals surface area contributed by atoms with Crippen LogP contribution < -0.4 is 4.90 Å². The molecule has 1 aliphatic rings. The average molecular weight is 234 g/mol. The molecule has 2 rings (SSSR count). The summed E-state index contributed by atoms with van der Waals surface area (Å²) in [6.45, 7) is 2.22. The summed E-state index contributed by atoms with van der Waals surface area (Å²) in [6.07, 6.45) is 4.12. The third kappa shape index (κ3) is 2.49. The molecule has 1 aromatic rings. The molecular formula is C9H13Cl2N3. The van der Waals surface area contributed by atoms with Crippen LogP contribution in [0.25, 0.3) is 0 Å². The first-order chi connectivity index (χ1) is 6.40. The lowest BCUT2D eigenvalue weighted by Crippen LogP contribution is -2.19. The molecule has 0 aliphatic carbocycles. The molecule has 0 atom stereocenters. The zero-order valence-electron chi connectivity index (χ0n) is 7.82. The van der Waals surface area contributed by atoms with Crippen molar-refractivity contribution in [2.75, 3.05) is 18.0 Å². The van der Waals surface area contributed by atoms with Gasteiger partial charge in [0.25, 0.3) is 0 Å². The monoisotopic (exact) mass is 233 g/mol. The lowest BCUT2D eigenvalue weighted by atomic mass is 10.4. The Morgan fingerprint density at radius 3 is 2.64 bits per heavy atom. The Hall–Kier alpha value is -0.540. The maximum atomic E-state index is 5.70. The minimum atomic E-state index is 0. The van der Waals surface area contributed by atoms with E-state index in [1.807, 2.05) is 6.07 Å². The van der Waals surface area contributed by atoms with E-state index >= 15 is 0 Å². The van der Waals surface area contributed by atoms with E-state index in [0.717, 1.165) is 24.6 Å². The van der Waals surface area contributed by atoms with Crippen LogP contribution >= 0.6 is 24.0 Å². The van der Waals surface area contributed by atoms with Crippen LogP contribution in [0, 0.1) is 0 Å². The zero-order valence-corrected chi connectivity index (χ0v) is 9.39. The van der Waals surface area contributed by atoms with Crippen molar-refractivity contribution in [2.45, 2.75) is 18.7 Å². The molecule has 0 aromatic carbocycles. The highest BCUT2D eigenvalue weighted by Crippen LogP contribution is 2.17. The van der Waals surface area contributed by atoms with E-state index in [2.05, 4.69) is 14.9 Å². The van der Waals surface area contributed by atoms with E-state index in [-0.39, 0.29) is 12.4 Å². The highest BCUT2D eigenvalue weighted by atomic mass is 35.5. The first-order valence-corrected chi connectivity index (χ1v) is 5.05. The largest absolute Gasteiger partial charge is 0.357 e. The number of rotatable bonds is 2. The van der Waals surface area contributed by atoms with E-state index < -0.39 is 0 Å². The summed E-state index contributed by atoms with van der Waals surface area (Å²) in [7, 11) is 0. The summed E-state index contributed by atoms with van der Waals surface area (Å²) in [5, 5.41) is 0. The number of alkyl halides is 1. The molecule has 0 saturated carbocycles. The molecule has 78 valence electrons. The summed E-state index contributed by atoms with van der Waals surface area (Å²) < 4.78 is 0. The highest BCUT2D eigenvalue weighted by molar-refractivity contribution is 6.16. The number of hydrogen-bond donors (Lipinski definition) is 0. The van der Waals surface area contributed by atoms with Crippen LogP contribution in [-0.4, -0.2) is 23.1 Å². The normalized spacial score (nSPS) is 15.4. The van der Waals surface area contributed by atoms with Gasteiger partial charge in [0, 0.05) is 19.2 Å². The number of aromatic nitrogens is 2. The van der Waals surface area contributed by atoms with E-state index in [1.165, 1.54) is 12.8 Å². The summed E-state index contributed by atoms with van der Waals surface area (Å²) in [5.41, 5.74) is 0.901. The van der Waals surface area contributed by atoms with Gasteiger partial charge in [-0.15, -0.1) is 24.0 Å². The van der Waals surface area contributed by atoms with Crippen molar-refractivity contribution in [1.82, 2.24) is 9.97 Å². The van der Waals surface area contributed by atoms with Gasteiger partial charge in [0.2, 0.25) is 0 Å². The van der Waals surface area contributed by atoms with Crippen LogP contribution in [0.4, 0.5) is 5.82 Å². The predicted molar refractivity (Wildman–Crippen MR) is 60.3 cm³/mol. The van der Waals surface area contributed by atoms with E-state index in [0.29, 0.717) is 5.88 Å². The summed E-state index contributed by atoms with van der Waals surface area (Å²) in [6, 6.07) is 1.97. The van der Waals surface area contributed by atoms with Crippen LogP contribution in [0.5, 0.6) is 0 Å². The van der Waals surface area contributed by atoms with Gasteiger partial charge in [-0.1, -0.05) is 0 Å². The van der Waals surface area contributed by atoms with Gasteiger partial charge in [0.05, 0.1) is 11.6 Å². The van der Waals surface area contributed by atoms with Crippen LogP contribution in [0.1, 0.15) is 18.5 Å². The molecule has 0 spiro atoms. The van der Waals surface area contributed by atoms with Gasteiger partial charge in [0.1, 0.15) is 12.1 Å². The van der Waals surface area contributed by atoms with Crippen LogP contribution in [-0.2, 0) is 5.88 Å². The van der Waals surface area contributed by atoms with Crippen LogP contribution in [0.2, 0.25) is 0 Å². The van der Waals surface area contributed by atoms with Crippen molar-refractivity contribution in [1.29, 1.82) is 0 Å². The predicted octanol–water partition coefficient (Wildman–Crippen LogP) is 2.24. The van der Waals surface area contributed by atoms with Gasteiger partial charge in [-0.3, -0.25) is 0 Å². The second kappa shape index (κ2) is 5.37. The second-order valence-electron chi connectivity index (χ2n) is 3.20. The Balaban J connectivity index is 0.000000980. The van der Waals surface area contributed by atoms with Gasteiger partial charge >= 0.3 is 0 Å². The molecule has 2 heterocycles. The Morgan fingerprint density at radius 2 is 2.00 bits per heavy atom. The minimum Gasteiger partial charge on any atom is -0.357 e. The Bertz CT molecular complexity index is 287. The molecule has 0 amide bonds. The Kier molecular flexibility index (Phi) is 4.42. The molecular weight excluding hydrogens is 221 g/mol. The maximum Gasteiger partial charge on any atom is 0.132 e. The van der Waals surface area contributed by atoms with E-state index in [9.17, 15) is 0 Å². The Labute approximate surface area is 94.9 Å².